The average molecular weight is 371 g/mol. The van der Waals surface area contributed by atoms with Crippen LogP contribution in [-0.4, -0.2) is 63.0 Å². The number of aryl methyl sites for hydroxylation is 1. The Balaban J connectivity index is 1.63. The standard InChI is InChI=1S/C19H25N5O3/c1-12(2)16(25)24-9-15-8-23(17(26)14-4-7-27-10-14)6-5-19(15,11-24)18-20-13(3)21-22-18/h4,7,10,12,15H,5-6,8-9,11H2,1-3H3,(H,20,21,22)/t15-,19-/m1/s1. The predicted molar refractivity (Wildman–Crippen MR) is 96.9 cm³/mol. The van der Waals surface area contributed by atoms with Crippen LogP contribution >= 0.6 is 0 Å². The molecule has 0 bridgehead atoms. The molecule has 0 unspecified atom stereocenters. The second-order valence-electron chi connectivity index (χ2n) is 7.98. The van der Waals surface area contributed by atoms with Crippen molar-refractivity contribution in [2.45, 2.75) is 32.6 Å². The highest BCUT2D eigenvalue weighted by Crippen LogP contribution is 2.44. The summed E-state index contributed by atoms with van der Waals surface area (Å²) in [6, 6.07) is 1.69. The number of carbonyl (C=O) groups is 2. The molecule has 144 valence electrons. The van der Waals surface area contributed by atoms with E-state index in [0.717, 1.165) is 18.1 Å². The first-order valence-electron chi connectivity index (χ1n) is 9.40. The number of H-pyrrole nitrogens is 1. The molecule has 0 radical (unpaired) electrons. The van der Waals surface area contributed by atoms with Crippen LogP contribution in [-0.2, 0) is 10.2 Å². The smallest absolute Gasteiger partial charge is 0.257 e. The largest absolute Gasteiger partial charge is 0.472 e. The Morgan fingerprint density at radius 2 is 2.11 bits per heavy atom. The van der Waals surface area contributed by atoms with E-state index in [4.69, 9.17) is 4.42 Å². The van der Waals surface area contributed by atoms with Crippen LogP contribution in [0.5, 0.6) is 0 Å². The summed E-state index contributed by atoms with van der Waals surface area (Å²) in [6.07, 6.45) is 3.73. The Hall–Kier alpha value is -2.64. The van der Waals surface area contributed by atoms with Crippen molar-refractivity contribution in [1.29, 1.82) is 0 Å². The average Bonchev–Trinajstić information content (AvgIpc) is 3.38. The molecule has 2 atom stereocenters. The van der Waals surface area contributed by atoms with Crippen LogP contribution in [0.15, 0.2) is 23.0 Å². The summed E-state index contributed by atoms with van der Waals surface area (Å²) in [4.78, 5) is 33.8. The minimum atomic E-state index is -0.303. The van der Waals surface area contributed by atoms with Gasteiger partial charge in [-0.1, -0.05) is 13.8 Å². The van der Waals surface area contributed by atoms with E-state index in [9.17, 15) is 9.59 Å². The second-order valence-corrected chi connectivity index (χ2v) is 7.98. The number of aromatic amines is 1. The molecule has 2 saturated heterocycles. The summed E-state index contributed by atoms with van der Waals surface area (Å²) in [7, 11) is 0. The van der Waals surface area contributed by atoms with E-state index in [1.54, 1.807) is 6.07 Å². The molecule has 1 N–H and O–H groups in total. The fraction of sp³-hybridized carbons (Fsp3) is 0.579. The number of nitrogens with one attached hydrogen (secondary N) is 1. The first-order chi connectivity index (χ1) is 12.9. The Labute approximate surface area is 157 Å². The molecule has 2 aliphatic rings. The summed E-state index contributed by atoms with van der Waals surface area (Å²) < 4.78 is 5.06. The normalized spacial score (nSPS) is 25.1. The van der Waals surface area contributed by atoms with Crippen molar-refractivity contribution in [2.75, 3.05) is 26.2 Å². The van der Waals surface area contributed by atoms with Gasteiger partial charge in [-0.2, -0.15) is 5.10 Å². The minimum Gasteiger partial charge on any atom is -0.472 e. The van der Waals surface area contributed by atoms with Gasteiger partial charge in [0.15, 0.2) is 5.82 Å². The van der Waals surface area contributed by atoms with Gasteiger partial charge < -0.3 is 14.2 Å². The Bertz CT molecular complexity index is 843. The highest BCUT2D eigenvalue weighted by atomic mass is 16.3. The van der Waals surface area contributed by atoms with Crippen molar-refractivity contribution in [2.24, 2.45) is 11.8 Å². The number of hydrogen-bond donors (Lipinski definition) is 1. The van der Waals surface area contributed by atoms with Crippen molar-refractivity contribution in [3.05, 3.63) is 35.8 Å². The lowest BCUT2D eigenvalue weighted by molar-refractivity contribution is -0.133. The van der Waals surface area contributed by atoms with Gasteiger partial charge in [0, 0.05) is 38.0 Å². The van der Waals surface area contributed by atoms with Crippen LogP contribution in [0.25, 0.3) is 0 Å². The number of amides is 2. The highest BCUT2D eigenvalue weighted by Gasteiger charge is 2.54. The third-order valence-electron chi connectivity index (χ3n) is 5.87. The highest BCUT2D eigenvalue weighted by molar-refractivity contribution is 5.94. The molecule has 8 heteroatoms. The van der Waals surface area contributed by atoms with Gasteiger partial charge in [-0.15, -0.1) is 0 Å². The lowest BCUT2D eigenvalue weighted by Crippen LogP contribution is -2.51. The fourth-order valence-corrected chi connectivity index (χ4v) is 4.40. The summed E-state index contributed by atoms with van der Waals surface area (Å²) >= 11 is 0. The number of piperidine rings is 1. The second kappa shape index (κ2) is 6.51. The van der Waals surface area contributed by atoms with Crippen LogP contribution < -0.4 is 0 Å². The molecule has 8 nitrogen and oxygen atoms in total. The van der Waals surface area contributed by atoms with Gasteiger partial charge in [0.1, 0.15) is 12.1 Å². The quantitative estimate of drug-likeness (QED) is 0.884. The number of likely N-dealkylation sites (tertiary alicyclic amines) is 2. The number of fused-ring (bicyclic) bond motifs is 1. The molecule has 0 spiro atoms. The zero-order valence-electron chi connectivity index (χ0n) is 15.9. The van der Waals surface area contributed by atoms with E-state index in [1.165, 1.54) is 12.5 Å². The Kier molecular flexibility index (Phi) is 4.28. The van der Waals surface area contributed by atoms with E-state index in [0.29, 0.717) is 31.7 Å². The SMILES string of the molecule is Cc1nc([C@@]23CCN(C(=O)c4ccoc4)C[C@@H]2CN(C(=O)C(C)C)C3)n[nH]1. The first-order valence-corrected chi connectivity index (χ1v) is 9.40. The number of furan rings is 1. The number of rotatable bonds is 3. The summed E-state index contributed by atoms with van der Waals surface area (Å²) in [5.74, 6) is 1.70. The topological polar surface area (TPSA) is 95.3 Å². The Morgan fingerprint density at radius 1 is 1.33 bits per heavy atom. The predicted octanol–water partition coefficient (Wildman–Crippen LogP) is 1.60. The van der Waals surface area contributed by atoms with Crippen LogP contribution in [0.3, 0.4) is 0 Å². The van der Waals surface area contributed by atoms with Crippen molar-refractivity contribution in [3.8, 4) is 0 Å². The van der Waals surface area contributed by atoms with Crippen molar-refractivity contribution in [3.63, 3.8) is 0 Å². The minimum absolute atomic E-state index is 0.0304. The van der Waals surface area contributed by atoms with E-state index >= 15 is 0 Å². The molecule has 2 fully saturated rings. The van der Waals surface area contributed by atoms with Crippen molar-refractivity contribution >= 4 is 11.8 Å². The molecular formula is C19H25N5O3. The summed E-state index contributed by atoms with van der Waals surface area (Å²) in [6.45, 7) is 8.15. The molecule has 0 aliphatic carbocycles. The number of hydrogen-bond acceptors (Lipinski definition) is 5. The van der Waals surface area contributed by atoms with Crippen molar-refractivity contribution in [1.82, 2.24) is 25.0 Å². The molecule has 4 rings (SSSR count). The maximum Gasteiger partial charge on any atom is 0.257 e. The molecule has 2 aromatic rings. The van der Waals surface area contributed by atoms with Crippen molar-refractivity contribution < 1.29 is 14.0 Å². The number of nitrogens with zero attached hydrogens (tertiary/aromatic N) is 4. The van der Waals surface area contributed by atoms with Crippen LogP contribution in [0.1, 0.15) is 42.3 Å². The third-order valence-corrected chi connectivity index (χ3v) is 5.87. The zero-order chi connectivity index (χ0) is 19.2. The maximum atomic E-state index is 12.8. The monoisotopic (exact) mass is 371 g/mol. The summed E-state index contributed by atoms with van der Waals surface area (Å²) in [5, 5.41) is 7.38. The van der Waals surface area contributed by atoms with Gasteiger partial charge >= 0.3 is 0 Å². The van der Waals surface area contributed by atoms with Gasteiger partial charge in [-0.25, -0.2) is 4.98 Å². The van der Waals surface area contributed by atoms with E-state index in [1.807, 2.05) is 30.6 Å². The zero-order valence-corrected chi connectivity index (χ0v) is 15.9. The van der Waals surface area contributed by atoms with E-state index < -0.39 is 0 Å². The molecule has 2 aliphatic heterocycles. The molecule has 2 aromatic heterocycles. The molecular weight excluding hydrogens is 346 g/mol. The van der Waals surface area contributed by atoms with Gasteiger partial charge in [0.2, 0.25) is 5.91 Å². The first kappa shape index (κ1) is 17.8. The molecule has 2 amide bonds. The van der Waals surface area contributed by atoms with Crippen LogP contribution in [0, 0.1) is 18.8 Å². The van der Waals surface area contributed by atoms with E-state index in [2.05, 4.69) is 15.2 Å². The molecule has 0 aromatic carbocycles. The summed E-state index contributed by atoms with van der Waals surface area (Å²) in [5.41, 5.74) is 0.256. The third kappa shape index (κ3) is 2.93. The van der Waals surface area contributed by atoms with Gasteiger partial charge in [0.05, 0.1) is 17.2 Å². The van der Waals surface area contributed by atoms with Gasteiger partial charge in [0.25, 0.3) is 5.91 Å². The fourth-order valence-electron chi connectivity index (χ4n) is 4.40. The Morgan fingerprint density at radius 3 is 2.74 bits per heavy atom. The van der Waals surface area contributed by atoms with E-state index in [-0.39, 0.29) is 29.1 Å². The number of aromatic nitrogens is 3. The van der Waals surface area contributed by atoms with Crippen LogP contribution in [0.2, 0.25) is 0 Å². The molecule has 27 heavy (non-hydrogen) atoms. The molecule has 0 saturated carbocycles. The van der Waals surface area contributed by atoms with Gasteiger partial charge in [-0.3, -0.25) is 14.7 Å². The molecule has 4 heterocycles. The van der Waals surface area contributed by atoms with Gasteiger partial charge in [-0.05, 0) is 19.4 Å². The lowest BCUT2D eigenvalue weighted by Gasteiger charge is -2.41. The van der Waals surface area contributed by atoms with Crippen LogP contribution in [0.4, 0.5) is 0 Å². The maximum absolute atomic E-state index is 12.8. The number of carbonyl (C=O) groups excluding carboxylic acids is 2. The lowest BCUT2D eigenvalue weighted by atomic mass is 9.71.